The standard InChI is InChI=1S/C19H30NO7P/c1-6-7-18(28(24,26-14(2)3)27-15(4)5)12-13-25-19(21)16-8-10-17(11-9-16)20(22)23/h8-11,14-15,18H,6-7,12-13H2,1-5H3/t18-/m1/s1. The van der Waals surface area contributed by atoms with Gasteiger partial charge < -0.3 is 13.8 Å². The number of rotatable bonds is 12. The lowest BCUT2D eigenvalue weighted by molar-refractivity contribution is -0.384. The minimum absolute atomic E-state index is 0.0490. The Morgan fingerprint density at radius 3 is 2.04 bits per heavy atom. The summed E-state index contributed by atoms with van der Waals surface area (Å²) in [6, 6.07) is 5.19. The molecular formula is C19H30NO7P. The normalized spacial score (nSPS) is 13.0. The number of esters is 1. The Morgan fingerprint density at radius 1 is 1.07 bits per heavy atom. The van der Waals surface area contributed by atoms with Gasteiger partial charge in [0.2, 0.25) is 0 Å². The van der Waals surface area contributed by atoms with Gasteiger partial charge in [0.25, 0.3) is 5.69 Å². The molecule has 0 N–H and O–H groups in total. The highest BCUT2D eigenvalue weighted by Crippen LogP contribution is 2.57. The Hall–Kier alpha value is -1.76. The Bertz CT molecular complexity index is 674. The fourth-order valence-electron chi connectivity index (χ4n) is 2.67. The number of ether oxygens (including phenoxy) is 1. The van der Waals surface area contributed by atoms with E-state index in [0.717, 1.165) is 6.42 Å². The molecule has 0 aliphatic carbocycles. The number of carbonyl (C=O) groups is 1. The summed E-state index contributed by atoms with van der Waals surface area (Å²) in [5, 5.41) is 10.7. The van der Waals surface area contributed by atoms with E-state index < -0.39 is 18.5 Å². The van der Waals surface area contributed by atoms with Crippen LogP contribution in [0.25, 0.3) is 0 Å². The van der Waals surface area contributed by atoms with E-state index in [1.54, 1.807) is 27.7 Å². The van der Waals surface area contributed by atoms with E-state index in [0.29, 0.717) is 12.8 Å². The van der Waals surface area contributed by atoms with Gasteiger partial charge in [-0.3, -0.25) is 14.7 Å². The lowest BCUT2D eigenvalue weighted by Gasteiger charge is -2.29. The molecule has 1 rings (SSSR count). The second-order valence-electron chi connectivity index (χ2n) is 7.02. The third-order valence-corrected chi connectivity index (χ3v) is 6.62. The van der Waals surface area contributed by atoms with Gasteiger partial charge in [-0.25, -0.2) is 4.79 Å². The van der Waals surface area contributed by atoms with Crippen LogP contribution in [-0.4, -0.2) is 35.4 Å². The lowest BCUT2D eigenvalue weighted by Crippen LogP contribution is -2.21. The zero-order valence-electron chi connectivity index (χ0n) is 17.1. The zero-order valence-corrected chi connectivity index (χ0v) is 18.0. The summed E-state index contributed by atoms with van der Waals surface area (Å²) in [5.74, 6) is -0.588. The molecule has 0 spiro atoms. The molecule has 1 atom stereocenters. The minimum atomic E-state index is -3.37. The fraction of sp³-hybridized carbons (Fsp3) is 0.632. The van der Waals surface area contributed by atoms with Crippen LogP contribution in [0.2, 0.25) is 0 Å². The molecule has 0 radical (unpaired) electrons. The van der Waals surface area contributed by atoms with Crippen molar-refractivity contribution < 1.29 is 28.1 Å². The van der Waals surface area contributed by atoms with E-state index in [9.17, 15) is 19.5 Å². The third-order valence-electron chi connectivity index (χ3n) is 3.78. The Kier molecular flexibility index (Phi) is 9.79. The predicted octanol–water partition coefficient (Wildman–Crippen LogP) is 5.35. The maximum absolute atomic E-state index is 13.3. The molecule has 0 fully saturated rings. The summed E-state index contributed by atoms with van der Waals surface area (Å²) in [4.78, 5) is 22.3. The van der Waals surface area contributed by atoms with E-state index in [4.69, 9.17) is 13.8 Å². The molecule has 0 aliphatic rings. The van der Waals surface area contributed by atoms with Crippen molar-refractivity contribution in [1.82, 2.24) is 0 Å². The molecule has 8 nitrogen and oxygen atoms in total. The Balaban J connectivity index is 2.76. The summed E-state index contributed by atoms with van der Waals surface area (Å²) in [5.41, 5.74) is -0.262. The maximum Gasteiger partial charge on any atom is 0.338 e. The smallest absolute Gasteiger partial charge is 0.338 e. The van der Waals surface area contributed by atoms with Crippen LogP contribution in [0.5, 0.6) is 0 Å². The zero-order chi connectivity index (χ0) is 21.3. The molecule has 0 amide bonds. The quantitative estimate of drug-likeness (QED) is 0.196. The second-order valence-corrected chi connectivity index (χ2v) is 9.25. The summed E-state index contributed by atoms with van der Waals surface area (Å²) in [7, 11) is -3.37. The summed E-state index contributed by atoms with van der Waals surface area (Å²) >= 11 is 0. The van der Waals surface area contributed by atoms with Crippen LogP contribution in [0.1, 0.15) is 64.2 Å². The van der Waals surface area contributed by atoms with E-state index in [1.165, 1.54) is 24.3 Å². The van der Waals surface area contributed by atoms with E-state index >= 15 is 0 Å². The molecule has 0 unspecified atom stereocenters. The van der Waals surface area contributed by atoms with E-state index in [2.05, 4.69) is 0 Å². The van der Waals surface area contributed by atoms with Crippen molar-refractivity contribution in [1.29, 1.82) is 0 Å². The van der Waals surface area contributed by atoms with Gasteiger partial charge in [0.15, 0.2) is 0 Å². The van der Waals surface area contributed by atoms with Crippen molar-refractivity contribution >= 4 is 19.3 Å². The molecule has 1 aromatic rings. The Morgan fingerprint density at radius 2 is 1.61 bits per heavy atom. The highest BCUT2D eigenvalue weighted by Gasteiger charge is 2.37. The molecule has 1 aromatic carbocycles. The van der Waals surface area contributed by atoms with Gasteiger partial charge in [0.1, 0.15) is 0 Å². The van der Waals surface area contributed by atoms with Crippen molar-refractivity contribution in [3.05, 3.63) is 39.9 Å². The van der Waals surface area contributed by atoms with Crippen molar-refractivity contribution in [3.63, 3.8) is 0 Å². The number of hydrogen-bond donors (Lipinski definition) is 0. The lowest BCUT2D eigenvalue weighted by atomic mass is 10.2. The van der Waals surface area contributed by atoms with E-state index in [-0.39, 0.29) is 35.7 Å². The van der Waals surface area contributed by atoms with Gasteiger partial charge in [0, 0.05) is 12.1 Å². The minimum Gasteiger partial charge on any atom is -0.462 e. The third kappa shape index (κ3) is 7.70. The first-order valence-electron chi connectivity index (χ1n) is 9.47. The fourth-order valence-corrected chi connectivity index (χ4v) is 5.23. The first-order chi connectivity index (χ1) is 13.1. The van der Waals surface area contributed by atoms with Crippen LogP contribution in [0, 0.1) is 10.1 Å². The molecule has 28 heavy (non-hydrogen) atoms. The van der Waals surface area contributed by atoms with Crippen LogP contribution in [0.3, 0.4) is 0 Å². The molecule has 0 aromatic heterocycles. The Labute approximate surface area is 166 Å². The van der Waals surface area contributed by atoms with Gasteiger partial charge in [-0.05, 0) is 52.7 Å². The summed E-state index contributed by atoms with van der Waals surface area (Å²) in [6.45, 7) is 9.22. The average molecular weight is 415 g/mol. The molecule has 0 aliphatic heterocycles. The van der Waals surface area contributed by atoms with Crippen LogP contribution in [0.15, 0.2) is 24.3 Å². The highest BCUT2D eigenvalue weighted by atomic mass is 31.2. The van der Waals surface area contributed by atoms with Gasteiger partial charge in [-0.15, -0.1) is 0 Å². The van der Waals surface area contributed by atoms with Gasteiger partial charge in [-0.2, -0.15) is 0 Å². The number of nitro groups is 1. The van der Waals surface area contributed by atoms with Crippen LogP contribution >= 0.6 is 7.60 Å². The summed E-state index contributed by atoms with van der Waals surface area (Å²) in [6.07, 6.45) is 1.22. The first-order valence-corrected chi connectivity index (χ1v) is 11.1. The largest absolute Gasteiger partial charge is 0.462 e. The molecule has 0 bridgehead atoms. The van der Waals surface area contributed by atoms with Crippen molar-refractivity contribution in [3.8, 4) is 0 Å². The molecule has 9 heteroatoms. The number of nitro benzene ring substituents is 1. The van der Waals surface area contributed by atoms with Gasteiger partial charge in [-0.1, -0.05) is 13.3 Å². The van der Waals surface area contributed by atoms with Crippen LogP contribution in [-0.2, 0) is 18.3 Å². The number of hydrogen-bond acceptors (Lipinski definition) is 7. The summed E-state index contributed by atoms with van der Waals surface area (Å²) < 4.78 is 29.9. The van der Waals surface area contributed by atoms with Crippen LogP contribution in [0.4, 0.5) is 5.69 Å². The number of benzene rings is 1. The van der Waals surface area contributed by atoms with E-state index in [1.807, 2.05) is 6.92 Å². The van der Waals surface area contributed by atoms with Crippen molar-refractivity contribution in [2.45, 2.75) is 71.7 Å². The monoisotopic (exact) mass is 415 g/mol. The topological polar surface area (TPSA) is 105 Å². The molecule has 0 heterocycles. The van der Waals surface area contributed by atoms with Crippen LogP contribution < -0.4 is 0 Å². The number of nitrogens with zero attached hydrogens (tertiary/aromatic N) is 1. The molecular weight excluding hydrogens is 385 g/mol. The number of non-ortho nitro benzene ring substituents is 1. The first kappa shape index (κ1) is 24.3. The second kappa shape index (κ2) is 11.3. The molecule has 0 saturated heterocycles. The van der Waals surface area contributed by atoms with Crippen molar-refractivity contribution in [2.75, 3.05) is 6.61 Å². The van der Waals surface area contributed by atoms with Crippen molar-refractivity contribution in [2.24, 2.45) is 0 Å². The highest BCUT2D eigenvalue weighted by molar-refractivity contribution is 7.54. The molecule has 0 saturated carbocycles. The van der Waals surface area contributed by atoms with Gasteiger partial charge >= 0.3 is 13.6 Å². The predicted molar refractivity (Wildman–Crippen MR) is 107 cm³/mol. The average Bonchev–Trinajstić information content (AvgIpc) is 2.59. The van der Waals surface area contributed by atoms with Gasteiger partial charge in [0.05, 0.1) is 35.0 Å². The maximum atomic E-state index is 13.3. The number of carbonyl (C=O) groups excluding carboxylic acids is 1. The SMILES string of the molecule is CCC[C@H](CCOC(=O)c1ccc([N+](=O)[O-])cc1)P(=O)(OC(C)C)OC(C)C. The molecule has 158 valence electrons.